The first kappa shape index (κ1) is 11.0. The minimum atomic E-state index is 0.123. The van der Waals surface area contributed by atoms with Gasteiger partial charge < -0.3 is 10.6 Å². The number of benzene rings is 1. The highest BCUT2D eigenvalue weighted by Crippen LogP contribution is 2.31. The number of hydrogen-bond donors (Lipinski definition) is 1. The van der Waals surface area contributed by atoms with Crippen molar-refractivity contribution in [3.8, 4) is 0 Å². The summed E-state index contributed by atoms with van der Waals surface area (Å²) in [4.78, 5) is 13.9. The van der Waals surface area contributed by atoms with Crippen molar-refractivity contribution in [2.45, 2.75) is 33.2 Å². The van der Waals surface area contributed by atoms with Crippen LogP contribution in [0, 0.1) is 12.8 Å². The Morgan fingerprint density at radius 1 is 1.38 bits per heavy atom. The number of nitrogens with two attached hydrogens (primary N) is 1. The molecular weight excluding hydrogens is 200 g/mol. The van der Waals surface area contributed by atoms with E-state index in [9.17, 15) is 4.79 Å². The molecule has 0 aliphatic carbocycles. The van der Waals surface area contributed by atoms with Crippen LogP contribution in [0.4, 0.5) is 11.4 Å². The molecule has 0 aromatic heterocycles. The SMILES string of the molecule is Cc1ccc(N2C(=O)C(C)CC2C)cc1N. The molecule has 3 nitrogen and oxygen atoms in total. The second-order valence-corrected chi connectivity index (χ2v) is 4.73. The van der Waals surface area contributed by atoms with Crippen LogP contribution in [0.5, 0.6) is 0 Å². The van der Waals surface area contributed by atoms with Gasteiger partial charge in [-0.25, -0.2) is 0 Å². The standard InChI is InChI=1S/C13H18N2O/c1-8-4-5-11(7-12(8)14)15-10(3)6-9(2)13(15)16/h4-5,7,9-10H,6,14H2,1-3H3. The topological polar surface area (TPSA) is 46.3 Å². The van der Waals surface area contributed by atoms with Gasteiger partial charge in [0.2, 0.25) is 5.91 Å². The molecule has 2 rings (SSSR count). The maximum absolute atomic E-state index is 12.0. The van der Waals surface area contributed by atoms with Crippen LogP contribution in [0.15, 0.2) is 18.2 Å². The molecule has 0 spiro atoms. The van der Waals surface area contributed by atoms with Crippen LogP contribution in [-0.4, -0.2) is 11.9 Å². The maximum atomic E-state index is 12.0. The first-order chi connectivity index (χ1) is 7.50. The minimum Gasteiger partial charge on any atom is -0.398 e. The Morgan fingerprint density at radius 3 is 2.56 bits per heavy atom. The summed E-state index contributed by atoms with van der Waals surface area (Å²) in [5.74, 6) is 0.327. The third-order valence-electron chi connectivity index (χ3n) is 3.34. The van der Waals surface area contributed by atoms with Gasteiger partial charge in [0.05, 0.1) is 0 Å². The lowest BCUT2D eigenvalue weighted by Gasteiger charge is -2.22. The number of hydrogen-bond acceptors (Lipinski definition) is 2. The maximum Gasteiger partial charge on any atom is 0.230 e. The molecule has 1 aromatic carbocycles. The minimum absolute atomic E-state index is 0.123. The molecule has 1 heterocycles. The predicted octanol–water partition coefficient (Wildman–Crippen LogP) is 2.34. The van der Waals surface area contributed by atoms with Crippen LogP contribution in [0.25, 0.3) is 0 Å². The van der Waals surface area contributed by atoms with Gasteiger partial charge in [-0.2, -0.15) is 0 Å². The summed E-state index contributed by atoms with van der Waals surface area (Å²) in [6.07, 6.45) is 0.923. The fraction of sp³-hybridized carbons (Fsp3) is 0.462. The molecule has 0 saturated carbocycles. The van der Waals surface area contributed by atoms with Gasteiger partial charge in [0, 0.05) is 23.3 Å². The van der Waals surface area contributed by atoms with Gasteiger partial charge in [-0.05, 0) is 38.0 Å². The second-order valence-electron chi connectivity index (χ2n) is 4.73. The largest absolute Gasteiger partial charge is 0.398 e. The van der Waals surface area contributed by atoms with E-state index in [0.717, 1.165) is 23.4 Å². The van der Waals surface area contributed by atoms with Gasteiger partial charge in [-0.3, -0.25) is 4.79 Å². The Hall–Kier alpha value is -1.51. The monoisotopic (exact) mass is 218 g/mol. The molecule has 1 aromatic rings. The lowest BCUT2D eigenvalue weighted by Crippen LogP contribution is -2.31. The molecule has 86 valence electrons. The Bertz CT molecular complexity index is 428. The van der Waals surface area contributed by atoms with Gasteiger partial charge in [0.1, 0.15) is 0 Å². The molecule has 3 heteroatoms. The number of rotatable bonds is 1. The van der Waals surface area contributed by atoms with Gasteiger partial charge in [-0.15, -0.1) is 0 Å². The molecule has 0 radical (unpaired) electrons. The highest BCUT2D eigenvalue weighted by Gasteiger charge is 2.34. The van der Waals surface area contributed by atoms with E-state index >= 15 is 0 Å². The van der Waals surface area contributed by atoms with E-state index < -0.39 is 0 Å². The Morgan fingerprint density at radius 2 is 2.06 bits per heavy atom. The Kier molecular flexibility index (Phi) is 2.62. The quantitative estimate of drug-likeness (QED) is 0.735. The van der Waals surface area contributed by atoms with Gasteiger partial charge in [0.15, 0.2) is 0 Å². The van der Waals surface area contributed by atoms with Crippen molar-refractivity contribution in [2.24, 2.45) is 5.92 Å². The molecular formula is C13H18N2O. The zero-order valence-corrected chi connectivity index (χ0v) is 10.0. The Balaban J connectivity index is 2.37. The summed E-state index contributed by atoms with van der Waals surface area (Å²) in [5, 5.41) is 0. The molecule has 16 heavy (non-hydrogen) atoms. The third kappa shape index (κ3) is 1.66. The van der Waals surface area contributed by atoms with Crippen LogP contribution < -0.4 is 10.6 Å². The van der Waals surface area contributed by atoms with Crippen LogP contribution in [0.3, 0.4) is 0 Å². The molecule has 1 aliphatic rings. The summed E-state index contributed by atoms with van der Waals surface area (Å²) in [6.45, 7) is 6.03. The van der Waals surface area contributed by atoms with Crippen molar-refractivity contribution >= 4 is 17.3 Å². The van der Waals surface area contributed by atoms with Crippen molar-refractivity contribution in [3.05, 3.63) is 23.8 Å². The average molecular weight is 218 g/mol. The molecule has 1 amide bonds. The molecule has 1 aliphatic heterocycles. The van der Waals surface area contributed by atoms with E-state index in [1.807, 2.05) is 36.9 Å². The summed E-state index contributed by atoms with van der Waals surface area (Å²) in [7, 11) is 0. The first-order valence-corrected chi connectivity index (χ1v) is 5.70. The number of carbonyl (C=O) groups excluding carboxylic acids is 1. The third-order valence-corrected chi connectivity index (χ3v) is 3.34. The number of amides is 1. The van der Waals surface area contributed by atoms with Crippen molar-refractivity contribution in [2.75, 3.05) is 10.6 Å². The summed E-state index contributed by atoms with van der Waals surface area (Å²) in [6, 6.07) is 6.10. The second kappa shape index (κ2) is 3.81. The molecule has 1 fully saturated rings. The number of nitrogen functional groups attached to an aromatic ring is 1. The van der Waals surface area contributed by atoms with E-state index in [2.05, 4.69) is 6.92 Å². The lowest BCUT2D eigenvalue weighted by molar-refractivity contribution is -0.119. The summed E-state index contributed by atoms with van der Waals surface area (Å²) >= 11 is 0. The molecule has 0 bridgehead atoms. The summed E-state index contributed by atoms with van der Waals surface area (Å²) < 4.78 is 0. The number of anilines is 2. The molecule has 2 N–H and O–H groups in total. The van der Waals surface area contributed by atoms with Gasteiger partial charge >= 0.3 is 0 Å². The van der Waals surface area contributed by atoms with Crippen LogP contribution in [0.2, 0.25) is 0 Å². The number of nitrogens with zero attached hydrogens (tertiary/aromatic N) is 1. The van der Waals surface area contributed by atoms with Gasteiger partial charge in [-0.1, -0.05) is 13.0 Å². The fourth-order valence-corrected chi connectivity index (χ4v) is 2.33. The van der Waals surface area contributed by atoms with E-state index in [4.69, 9.17) is 5.73 Å². The zero-order chi connectivity index (χ0) is 11.9. The normalized spacial score (nSPS) is 25.2. The highest BCUT2D eigenvalue weighted by molar-refractivity contribution is 5.98. The van der Waals surface area contributed by atoms with Crippen molar-refractivity contribution in [1.82, 2.24) is 0 Å². The lowest BCUT2D eigenvalue weighted by atomic mass is 10.1. The van der Waals surface area contributed by atoms with Crippen molar-refractivity contribution in [1.29, 1.82) is 0 Å². The van der Waals surface area contributed by atoms with Crippen molar-refractivity contribution in [3.63, 3.8) is 0 Å². The van der Waals surface area contributed by atoms with E-state index in [1.165, 1.54) is 0 Å². The Labute approximate surface area is 96.2 Å². The van der Waals surface area contributed by atoms with Crippen LogP contribution in [0.1, 0.15) is 25.8 Å². The first-order valence-electron chi connectivity index (χ1n) is 5.70. The molecule has 2 atom stereocenters. The predicted molar refractivity (Wildman–Crippen MR) is 66.3 cm³/mol. The molecule has 2 unspecified atom stereocenters. The molecule has 1 saturated heterocycles. The average Bonchev–Trinajstić information content (AvgIpc) is 2.47. The smallest absolute Gasteiger partial charge is 0.230 e. The highest BCUT2D eigenvalue weighted by atomic mass is 16.2. The van der Waals surface area contributed by atoms with Crippen molar-refractivity contribution < 1.29 is 4.79 Å². The van der Waals surface area contributed by atoms with Gasteiger partial charge in [0.25, 0.3) is 0 Å². The van der Waals surface area contributed by atoms with E-state index in [1.54, 1.807) is 0 Å². The number of carbonyl (C=O) groups is 1. The van der Waals surface area contributed by atoms with E-state index in [0.29, 0.717) is 0 Å². The van der Waals surface area contributed by atoms with Crippen LogP contribution in [-0.2, 0) is 4.79 Å². The van der Waals surface area contributed by atoms with Crippen LogP contribution >= 0.6 is 0 Å². The number of aryl methyl sites for hydroxylation is 1. The van der Waals surface area contributed by atoms with E-state index in [-0.39, 0.29) is 17.9 Å². The fourth-order valence-electron chi connectivity index (χ4n) is 2.33. The zero-order valence-electron chi connectivity index (χ0n) is 10.0. The summed E-state index contributed by atoms with van der Waals surface area (Å²) in [5.41, 5.74) is 8.60.